The summed E-state index contributed by atoms with van der Waals surface area (Å²) < 4.78 is 9.96. The number of carbonyl (C=O) groups is 12. The number of nitrogens with zero attached hydrogens (tertiary/aromatic N) is 8. The van der Waals surface area contributed by atoms with Crippen molar-refractivity contribution in [2.24, 2.45) is 41.4 Å². The van der Waals surface area contributed by atoms with Crippen molar-refractivity contribution in [2.75, 3.05) is 76.6 Å². The molecule has 0 spiro atoms. The number of aromatic amines is 1. The highest BCUT2D eigenvalue weighted by Gasteiger charge is 2.44. The summed E-state index contributed by atoms with van der Waals surface area (Å²) in [4.78, 5) is 190. The van der Waals surface area contributed by atoms with E-state index in [-0.39, 0.29) is 97.1 Å². The largest absolute Gasteiger partial charge is 0.465 e. The molecule has 0 bridgehead atoms. The summed E-state index contributed by atoms with van der Waals surface area (Å²) in [5, 5.41) is 23.8. The Kier molecular flexibility index (Phi) is 32.3. The average molecular weight is 1380 g/mol. The molecule has 0 aliphatic carbocycles. The van der Waals surface area contributed by atoms with E-state index >= 15 is 14.4 Å². The second-order valence-corrected chi connectivity index (χ2v) is 29.2. The van der Waals surface area contributed by atoms with E-state index in [4.69, 9.17) is 9.47 Å². The summed E-state index contributed by atoms with van der Waals surface area (Å²) in [6.45, 7) is 27.8. The predicted molar refractivity (Wildman–Crippen MR) is 371 cm³/mol. The topological polar surface area (TPSA) is 343 Å². The maximum atomic E-state index is 15.4. The first kappa shape index (κ1) is 84.5. The highest BCUT2D eigenvalue weighted by molar-refractivity contribution is 6.11. The molecule has 10 amide bonds. The Morgan fingerprint density at radius 2 is 1.02 bits per heavy atom. The lowest BCUT2D eigenvalue weighted by Crippen LogP contribution is -2.62. The number of H-pyrrole nitrogens is 1. The lowest BCUT2D eigenvalue weighted by atomic mass is 9.91. The van der Waals surface area contributed by atoms with Crippen LogP contribution in [-0.2, 0) is 63.8 Å². The highest BCUT2D eigenvalue weighted by atomic mass is 16.5. The molecule has 1 aromatic heterocycles. The van der Waals surface area contributed by atoms with Gasteiger partial charge in [0.2, 0.25) is 59.1 Å². The zero-order chi connectivity index (χ0) is 75.0. The van der Waals surface area contributed by atoms with E-state index in [1.165, 1.54) is 86.8 Å². The number of amides is 10. The molecule has 1 fully saturated rings. The molecule has 6 N–H and O–H groups in total. The summed E-state index contributed by atoms with van der Waals surface area (Å²) in [5.74, 6) is -10.2. The van der Waals surface area contributed by atoms with Crippen LogP contribution in [0.2, 0.25) is 0 Å². The number of esters is 2. The number of hydrogen-bond donors (Lipinski definition) is 6. The Balaban J connectivity index is 2.34. The molecular formula is C70H117N13O15. The van der Waals surface area contributed by atoms with Gasteiger partial charge in [0.25, 0.3) is 0 Å². The van der Waals surface area contributed by atoms with Crippen molar-refractivity contribution in [1.82, 2.24) is 65.5 Å². The van der Waals surface area contributed by atoms with Crippen molar-refractivity contribution >= 4 is 82.0 Å². The van der Waals surface area contributed by atoms with E-state index in [0.29, 0.717) is 5.52 Å². The monoisotopic (exact) mass is 1380 g/mol. The molecule has 12 atom stereocenters. The van der Waals surface area contributed by atoms with Crippen molar-refractivity contribution in [1.29, 1.82) is 0 Å². The third kappa shape index (κ3) is 21.9. The fourth-order valence-electron chi connectivity index (χ4n) is 12.5. The van der Waals surface area contributed by atoms with Crippen molar-refractivity contribution < 1.29 is 72.1 Å². The van der Waals surface area contributed by atoms with Gasteiger partial charge in [-0.3, -0.25) is 52.8 Å². The van der Waals surface area contributed by atoms with Crippen molar-refractivity contribution in [3.05, 3.63) is 29.1 Å². The van der Waals surface area contributed by atoms with Gasteiger partial charge in [0.1, 0.15) is 71.3 Å². The van der Waals surface area contributed by atoms with E-state index in [0.717, 1.165) is 12.0 Å². The first-order chi connectivity index (χ1) is 45.5. The number of ether oxygens (including phenoxy) is 2. The second-order valence-electron chi connectivity index (χ2n) is 29.2. The Bertz CT molecular complexity index is 3130. The van der Waals surface area contributed by atoms with Crippen LogP contribution in [0.1, 0.15) is 169 Å². The molecule has 0 radical (unpaired) electrons. The molecule has 1 aliphatic rings. The molecule has 2 aromatic rings. The normalized spacial score (nSPS) is 24.9. The van der Waals surface area contributed by atoms with Crippen molar-refractivity contribution in [3.8, 4) is 0 Å². The second kappa shape index (κ2) is 37.4. The van der Waals surface area contributed by atoms with Gasteiger partial charge in [0.15, 0.2) is 0 Å². The number of methoxy groups -OCH3 is 2. The van der Waals surface area contributed by atoms with Crippen LogP contribution >= 0.6 is 0 Å². The summed E-state index contributed by atoms with van der Waals surface area (Å²) >= 11 is 0. The van der Waals surface area contributed by atoms with Crippen molar-refractivity contribution in [2.45, 2.75) is 216 Å². The quantitative estimate of drug-likeness (QED) is 0.124. The zero-order valence-electron chi connectivity index (χ0n) is 62.9. The summed E-state index contributed by atoms with van der Waals surface area (Å²) in [5.41, 5.74) is 0.199. The van der Waals surface area contributed by atoms with Crippen LogP contribution < -0.4 is 21.3 Å². The van der Waals surface area contributed by atoms with Gasteiger partial charge < -0.3 is 70.2 Å². The number of benzene rings is 1. The Labute approximate surface area is 580 Å². The number of nitrogens with one attached hydrogen (secondary N) is 5. The SMILES string of the molecule is CCC1NC(=O)C(C(O)C(C)Cc2nc3c(C(=O)OC)c(C(=O)OC)ccc3[nH]2)N(C)CC(C(C)C)N(C)C(=O)C(CC(C)C)N(C)C(=O)C(CC(C)C)N(C)C(=O)C(C)NC(=O)C(C)NC(=O)C(CC(C)C)N(C)C(=O)C(C(C)C)NC(=O)C(CC(C)C)N(C)C(=O)CN(C)C1=O. The Morgan fingerprint density at radius 1 is 0.551 bits per heavy atom. The molecule has 1 aliphatic heterocycles. The van der Waals surface area contributed by atoms with Gasteiger partial charge in [-0.05, 0) is 107 Å². The van der Waals surface area contributed by atoms with Gasteiger partial charge in [-0.15, -0.1) is 0 Å². The minimum atomic E-state index is -1.56. The van der Waals surface area contributed by atoms with E-state index in [1.54, 1.807) is 52.8 Å². The summed E-state index contributed by atoms with van der Waals surface area (Å²) in [6.07, 6.45) is -0.945. The smallest absolute Gasteiger partial charge is 0.341 e. The fourth-order valence-corrected chi connectivity index (χ4v) is 12.5. The van der Waals surface area contributed by atoms with E-state index in [2.05, 4.69) is 31.2 Å². The van der Waals surface area contributed by atoms with Gasteiger partial charge in [-0.25, -0.2) is 14.6 Å². The third-order valence-electron chi connectivity index (χ3n) is 18.5. The molecule has 2 heterocycles. The fraction of sp³-hybridized carbons (Fsp3) is 0.729. The van der Waals surface area contributed by atoms with Crippen LogP contribution in [0.25, 0.3) is 11.0 Å². The summed E-state index contributed by atoms with van der Waals surface area (Å²) in [7, 11) is 12.7. The lowest BCUT2D eigenvalue weighted by molar-refractivity contribution is -0.152. The molecule has 1 aromatic carbocycles. The molecule has 552 valence electrons. The van der Waals surface area contributed by atoms with Gasteiger partial charge in [0.05, 0.1) is 37.9 Å². The number of imidazole rings is 1. The summed E-state index contributed by atoms with van der Waals surface area (Å²) in [6, 6.07) is -8.72. The number of fused-ring (bicyclic) bond motifs is 1. The number of aliphatic hydroxyl groups excluding tert-OH is 1. The van der Waals surface area contributed by atoms with Crippen LogP contribution in [0.15, 0.2) is 12.1 Å². The van der Waals surface area contributed by atoms with Crippen LogP contribution in [0.3, 0.4) is 0 Å². The molecule has 0 saturated carbocycles. The van der Waals surface area contributed by atoms with E-state index < -0.39 is 156 Å². The van der Waals surface area contributed by atoms with Crippen LogP contribution in [0, 0.1) is 41.4 Å². The minimum Gasteiger partial charge on any atom is -0.465 e. The molecular weight excluding hydrogens is 1260 g/mol. The minimum absolute atomic E-state index is 0.0115. The van der Waals surface area contributed by atoms with Gasteiger partial charge in [-0.2, -0.15) is 0 Å². The first-order valence-electron chi connectivity index (χ1n) is 34.3. The number of carbonyl (C=O) groups excluding carboxylic acids is 12. The van der Waals surface area contributed by atoms with Gasteiger partial charge in [0, 0.05) is 61.3 Å². The number of aliphatic hydroxyl groups is 1. The first-order valence-corrected chi connectivity index (χ1v) is 34.3. The Morgan fingerprint density at radius 3 is 1.51 bits per heavy atom. The average Bonchev–Trinajstić information content (AvgIpc) is 1.54. The number of likely N-dealkylation sites (N-methyl/N-ethyl adjacent to an activating group) is 7. The van der Waals surface area contributed by atoms with Gasteiger partial charge in [-0.1, -0.05) is 96.9 Å². The maximum absolute atomic E-state index is 15.4. The van der Waals surface area contributed by atoms with Crippen LogP contribution in [0.4, 0.5) is 0 Å². The van der Waals surface area contributed by atoms with Crippen molar-refractivity contribution in [3.63, 3.8) is 0 Å². The molecule has 28 nitrogen and oxygen atoms in total. The highest BCUT2D eigenvalue weighted by Crippen LogP contribution is 2.28. The van der Waals surface area contributed by atoms with E-state index in [9.17, 15) is 48.3 Å². The third-order valence-corrected chi connectivity index (χ3v) is 18.5. The molecule has 12 unspecified atom stereocenters. The zero-order valence-corrected chi connectivity index (χ0v) is 62.9. The molecule has 98 heavy (non-hydrogen) atoms. The Hall–Kier alpha value is -7.75. The van der Waals surface area contributed by atoms with Gasteiger partial charge >= 0.3 is 11.9 Å². The molecule has 1 saturated heterocycles. The predicted octanol–water partition coefficient (Wildman–Crippen LogP) is 3.47. The standard InChI is InChI=1S/C70H117N13O15/c1-26-46-65(91)78(18)35-54(84)79(19)48(29-36(2)3)62(88)76-56(41(12)13)68(94)80(20)49(30-37(4)5)61(87)71-43(15)60(86)72-44(16)64(90)81(21)50(31-38(6)7)66(92)82(22)51(32-39(8)9)67(93)83(23)52(40(10)11)34-77(17)58(63(89)74-46)59(85)42(14)33-53-73-47-28-27-45(69(95)97-24)55(57(47)75-53)70(96)98-25/h27-28,36-44,46,48-52,56,58-59,85H,26,29-35H2,1-25H3,(H,71,87)(H,72,86)(H,73,75)(H,74,89)(H,76,88). The van der Waals surface area contributed by atoms with E-state index in [1.807, 2.05) is 69.2 Å². The lowest BCUT2D eigenvalue weighted by Gasteiger charge is -2.42. The number of rotatable bonds is 17. The number of hydrogen-bond acceptors (Lipinski definition) is 17. The maximum Gasteiger partial charge on any atom is 0.341 e. The molecule has 28 heteroatoms. The number of aromatic nitrogens is 2. The van der Waals surface area contributed by atoms with Crippen LogP contribution in [-0.4, -0.2) is 264 Å². The van der Waals surface area contributed by atoms with Crippen LogP contribution in [0.5, 0.6) is 0 Å². The molecule has 3 rings (SSSR count).